The largest absolute Gasteiger partial charge is 0.462 e. The summed E-state index contributed by atoms with van der Waals surface area (Å²) in [5.74, 6) is -0.341. The molecule has 4 heteroatoms. The van der Waals surface area contributed by atoms with Gasteiger partial charge in [0.1, 0.15) is 0 Å². The lowest BCUT2D eigenvalue weighted by molar-refractivity contribution is -0.139. The van der Waals surface area contributed by atoms with Crippen LogP contribution in [0.3, 0.4) is 0 Å². The Balaban J connectivity index is 2.66. The zero-order chi connectivity index (χ0) is 18.2. The molecule has 0 heterocycles. The third-order valence-electron chi connectivity index (χ3n) is 4.33. The monoisotopic (exact) mass is 331 g/mol. The molecule has 0 saturated carbocycles. The second-order valence-electron chi connectivity index (χ2n) is 7.57. The van der Waals surface area contributed by atoms with Gasteiger partial charge in [-0.05, 0) is 37.2 Å². The molecule has 0 fully saturated rings. The fourth-order valence-corrected chi connectivity index (χ4v) is 3.22. The zero-order valence-corrected chi connectivity index (χ0v) is 15.3. The Labute approximate surface area is 145 Å². The number of nitrogens with zero attached hydrogens (tertiary/aromatic N) is 1. The Morgan fingerprint density at radius 3 is 2.38 bits per heavy atom. The summed E-state index contributed by atoms with van der Waals surface area (Å²) in [5.41, 5.74) is 1.26. The summed E-state index contributed by atoms with van der Waals surface area (Å²) in [6.07, 6.45) is 2.52. The number of ether oxygens (including phenoxy) is 1. The molecule has 0 radical (unpaired) electrons. The first kappa shape index (κ1) is 20.1. The molecule has 0 aliphatic carbocycles. The van der Waals surface area contributed by atoms with Gasteiger partial charge in [-0.2, -0.15) is 4.91 Å². The van der Waals surface area contributed by atoms with Crippen LogP contribution in [-0.2, 0) is 14.9 Å². The minimum Gasteiger partial charge on any atom is -0.462 e. The molecule has 0 amide bonds. The third kappa shape index (κ3) is 6.26. The lowest BCUT2D eigenvalue weighted by atomic mass is 9.68. The summed E-state index contributed by atoms with van der Waals surface area (Å²) in [6.45, 7) is 12.3. The molecule has 1 aromatic carbocycles. The summed E-state index contributed by atoms with van der Waals surface area (Å²) in [7, 11) is 0. The van der Waals surface area contributed by atoms with E-state index in [0.29, 0.717) is 12.2 Å². The normalized spacial score (nSPS) is 13.8. The minimum atomic E-state index is -0.341. The van der Waals surface area contributed by atoms with Crippen molar-refractivity contribution < 1.29 is 9.53 Å². The number of esters is 1. The Kier molecular flexibility index (Phi) is 7.33. The van der Waals surface area contributed by atoms with E-state index in [1.165, 1.54) is 0 Å². The van der Waals surface area contributed by atoms with E-state index in [1.54, 1.807) is 6.92 Å². The van der Waals surface area contributed by atoms with E-state index in [1.807, 2.05) is 18.2 Å². The third-order valence-corrected chi connectivity index (χ3v) is 4.33. The minimum absolute atomic E-state index is 0.00487. The van der Waals surface area contributed by atoms with Crippen LogP contribution in [0.5, 0.6) is 0 Å². The van der Waals surface area contributed by atoms with Gasteiger partial charge < -0.3 is 4.74 Å². The van der Waals surface area contributed by atoms with Crippen molar-refractivity contribution in [2.75, 3.05) is 13.2 Å². The van der Waals surface area contributed by atoms with Crippen LogP contribution in [0.15, 0.2) is 47.7 Å². The highest BCUT2D eigenvalue weighted by atomic mass is 16.5. The van der Waals surface area contributed by atoms with Crippen molar-refractivity contribution in [3.63, 3.8) is 0 Å². The molecule has 1 aromatic rings. The van der Waals surface area contributed by atoms with E-state index < -0.39 is 0 Å². The molecular formula is C20H29NO3. The van der Waals surface area contributed by atoms with Crippen LogP contribution in [0.4, 0.5) is 0 Å². The summed E-state index contributed by atoms with van der Waals surface area (Å²) >= 11 is 0. The number of carbonyl (C=O) groups is 1. The Bertz CT molecular complexity index is 566. The van der Waals surface area contributed by atoms with Crippen LogP contribution < -0.4 is 0 Å². The fourth-order valence-electron chi connectivity index (χ4n) is 3.22. The SMILES string of the molecule is C=C(C)C(=O)OCCCC(C)(C)CC(C)(CN=O)c1ccccc1. The van der Waals surface area contributed by atoms with Crippen molar-refractivity contribution in [3.8, 4) is 0 Å². The van der Waals surface area contributed by atoms with E-state index in [-0.39, 0.29) is 23.3 Å². The van der Waals surface area contributed by atoms with Crippen LogP contribution >= 0.6 is 0 Å². The average molecular weight is 331 g/mol. The van der Waals surface area contributed by atoms with Gasteiger partial charge >= 0.3 is 5.97 Å². The van der Waals surface area contributed by atoms with Crippen molar-refractivity contribution in [3.05, 3.63) is 53.0 Å². The van der Waals surface area contributed by atoms with E-state index in [9.17, 15) is 9.70 Å². The topological polar surface area (TPSA) is 55.7 Å². The highest BCUT2D eigenvalue weighted by molar-refractivity contribution is 5.86. The van der Waals surface area contributed by atoms with Crippen LogP contribution in [-0.4, -0.2) is 19.1 Å². The molecule has 0 spiro atoms. The van der Waals surface area contributed by atoms with Crippen LogP contribution in [0.1, 0.15) is 52.5 Å². The smallest absolute Gasteiger partial charge is 0.333 e. The number of carbonyl (C=O) groups excluding carboxylic acids is 1. The highest BCUT2D eigenvalue weighted by Crippen LogP contribution is 2.39. The van der Waals surface area contributed by atoms with Gasteiger partial charge in [0, 0.05) is 11.0 Å². The van der Waals surface area contributed by atoms with Gasteiger partial charge in [0.15, 0.2) is 0 Å². The summed E-state index contributed by atoms with van der Waals surface area (Å²) in [4.78, 5) is 22.4. The molecule has 24 heavy (non-hydrogen) atoms. The second-order valence-corrected chi connectivity index (χ2v) is 7.57. The fraction of sp³-hybridized carbons (Fsp3) is 0.550. The van der Waals surface area contributed by atoms with Gasteiger partial charge in [0.25, 0.3) is 0 Å². The van der Waals surface area contributed by atoms with E-state index in [2.05, 4.69) is 44.7 Å². The van der Waals surface area contributed by atoms with Crippen molar-refractivity contribution in [1.29, 1.82) is 0 Å². The quantitative estimate of drug-likeness (QED) is 0.261. The first-order chi connectivity index (χ1) is 11.2. The summed E-state index contributed by atoms with van der Waals surface area (Å²) in [6, 6.07) is 10.1. The Hall–Kier alpha value is -1.97. The Morgan fingerprint density at radius 1 is 1.21 bits per heavy atom. The number of hydrogen-bond donors (Lipinski definition) is 0. The predicted molar refractivity (Wildman–Crippen MR) is 97.9 cm³/mol. The lowest BCUT2D eigenvalue weighted by Gasteiger charge is -2.36. The molecule has 1 atom stereocenters. The molecule has 0 aliphatic heterocycles. The van der Waals surface area contributed by atoms with Gasteiger partial charge in [-0.25, -0.2) is 4.79 Å². The molecule has 0 aromatic heterocycles. The first-order valence-corrected chi connectivity index (χ1v) is 8.37. The van der Waals surface area contributed by atoms with E-state index in [4.69, 9.17) is 4.74 Å². The van der Waals surface area contributed by atoms with Gasteiger partial charge in [-0.15, -0.1) is 0 Å². The molecule has 1 rings (SSSR count). The van der Waals surface area contributed by atoms with Crippen molar-refractivity contribution in [1.82, 2.24) is 0 Å². The highest BCUT2D eigenvalue weighted by Gasteiger charge is 2.34. The van der Waals surface area contributed by atoms with E-state index in [0.717, 1.165) is 24.8 Å². The summed E-state index contributed by atoms with van der Waals surface area (Å²) < 4.78 is 5.15. The lowest BCUT2D eigenvalue weighted by Crippen LogP contribution is -2.32. The molecule has 0 N–H and O–H groups in total. The van der Waals surface area contributed by atoms with Gasteiger partial charge in [0.2, 0.25) is 0 Å². The van der Waals surface area contributed by atoms with Crippen LogP contribution in [0, 0.1) is 10.3 Å². The maximum atomic E-state index is 11.4. The summed E-state index contributed by atoms with van der Waals surface area (Å²) in [5, 5.41) is 3.18. The molecule has 0 bridgehead atoms. The van der Waals surface area contributed by atoms with Crippen LogP contribution in [0.2, 0.25) is 0 Å². The molecule has 0 aliphatic rings. The van der Waals surface area contributed by atoms with Crippen molar-refractivity contribution in [2.24, 2.45) is 10.6 Å². The molecular weight excluding hydrogens is 302 g/mol. The number of nitroso groups, excluding NO2 is 1. The average Bonchev–Trinajstić information content (AvgIpc) is 2.51. The number of benzene rings is 1. The van der Waals surface area contributed by atoms with Gasteiger partial charge in [-0.1, -0.05) is 62.9 Å². The van der Waals surface area contributed by atoms with Crippen molar-refractivity contribution >= 4 is 5.97 Å². The number of rotatable bonds is 10. The molecule has 132 valence electrons. The maximum Gasteiger partial charge on any atom is 0.333 e. The maximum absolute atomic E-state index is 11.4. The zero-order valence-electron chi connectivity index (χ0n) is 15.3. The van der Waals surface area contributed by atoms with Crippen molar-refractivity contribution in [2.45, 2.75) is 52.4 Å². The van der Waals surface area contributed by atoms with Gasteiger partial charge in [-0.3, -0.25) is 0 Å². The second kappa shape index (κ2) is 8.76. The molecule has 0 saturated heterocycles. The Morgan fingerprint density at radius 2 is 1.83 bits per heavy atom. The predicted octanol–water partition coefficient (Wildman–Crippen LogP) is 5.03. The van der Waals surface area contributed by atoms with Gasteiger partial charge in [0.05, 0.1) is 13.2 Å². The van der Waals surface area contributed by atoms with Crippen LogP contribution in [0.25, 0.3) is 0 Å². The van der Waals surface area contributed by atoms with E-state index >= 15 is 0 Å². The standard InChI is InChI=1S/C20H29NO3/c1-16(2)18(22)24-13-9-12-19(3,4)14-20(5,15-21-23)17-10-7-6-8-11-17/h6-8,10-11H,1,9,12-15H2,2-5H3. The molecule has 4 nitrogen and oxygen atoms in total. The number of hydrogen-bond acceptors (Lipinski definition) is 4. The first-order valence-electron chi connectivity index (χ1n) is 8.37. The molecule has 1 unspecified atom stereocenters.